The molecule has 1 rings (SSSR count). The number of hydrogen-bond donors (Lipinski definition) is 1. The van der Waals surface area contributed by atoms with Crippen LogP contribution in [-0.2, 0) is 4.79 Å². The summed E-state index contributed by atoms with van der Waals surface area (Å²) in [6.07, 6.45) is 5.55. The molecule has 1 N–H and O–H groups in total. The van der Waals surface area contributed by atoms with Crippen molar-refractivity contribution in [3.05, 3.63) is 55.1 Å². The summed E-state index contributed by atoms with van der Waals surface area (Å²) in [7, 11) is 0. The maximum Gasteiger partial charge on any atom is 0.228 e. The van der Waals surface area contributed by atoms with Gasteiger partial charge in [-0.25, -0.2) is 0 Å². The number of benzene rings is 1. The molecule has 0 unspecified atom stereocenters. The summed E-state index contributed by atoms with van der Waals surface area (Å²) in [4.78, 5) is 11.3. The highest BCUT2D eigenvalue weighted by Gasteiger charge is 1.97. The molecule has 0 aliphatic heterocycles. The molecule has 0 fully saturated rings. The smallest absolute Gasteiger partial charge is 0.228 e. The van der Waals surface area contributed by atoms with Crippen molar-refractivity contribution in [2.45, 2.75) is 6.42 Å². The molecule has 0 bridgehead atoms. The molecule has 1 aromatic carbocycles. The van der Waals surface area contributed by atoms with Gasteiger partial charge < -0.3 is 5.32 Å². The SMILES string of the molecule is C=CC=CCC(=O)Nc1ccccc1. The summed E-state index contributed by atoms with van der Waals surface area (Å²) in [6.45, 7) is 3.52. The summed E-state index contributed by atoms with van der Waals surface area (Å²) in [5, 5.41) is 2.78. The van der Waals surface area contributed by atoms with E-state index in [0.717, 1.165) is 5.69 Å². The fourth-order valence-corrected chi connectivity index (χ4v) is 1.00. The van der Waals surface area contributed by atoms with Gasteiger partial charge in [0.25, 0.3) is 0 Å². The van der Waals surface area contributed by atoms with Crippen molar-refractivity contribution in [3.63, 3.8) is 0 Å². The Bertz CT molecular complexity index is 327. The highest BCUT2D eigenvalue weighted by atomic mass is 16.1. The van der Waals surface area contributed by atoms with Crippen molar-refractivity contribution in [2.75, 3.05) is 5.32 Å². The van der Waals surface area contributed by atoms with E-state index in [1.165, 1.54) is 0 Å². The second-order valence-electron chi connectivity index (χ2n) is 2.78. The maximum absolute atomic E-state index is 11.3. The minimum absolute atomic E-state index is 0.0192. The number of anilines is 1. The largest absolute Gasteiger partial charge is 0.326 e. The molecule has 0 atom stereocenters. The predicted molar refractivity (Wildman–Crippen MR) is 59.0 cm³/mol. The first-order chi connectivity index (χ1) is 6.83. The normalized spacial score (nSPS) is 10.0. The van der Waals surface area contributed by atoms with E-state index >= 15 is 0 Å². The van der Waals surface area contributed by atoms with Crippen LogP contribution in [-0.4, -0.2) is 5.91 Å². The summed E-state index contributed by atoms with van der Waals surface area (Å²) in [5.74, 6) is -0.0192. The molecule has 0 aromatic heterocycles. The van der Waals surface area contributed by atoms with Crippen molar-refractivity contribution in [3.8, 4) is 0 Å². The van der Waals surface area contributed by atoms with E-state index in [1.54, 1.807) is 18.2 Å². The van der Waals surface area contributed by atoms with Crippen molar-refractivity contribution >= 4 is 11.6 Å². The van der Waals surface area contributed by atoms with Crippen molar-refractivity contribution in [1.29, 1.82) is 0 Å². The number of hydrogen-bond acceptors (Lipinski definition) is 1. The van der Waals surface area contributed by atoms with Gasteiger partial charge in [-0.05, 0) is 12.1 Å². The second-order valence-corrected chi connectivity index (χ2v) is 2.78. The van der Waals surface area contributed by atoms with E-state index in [1.807, 2.05) is 30.3 Å². The van der Waals surface area contributed by atoms with Crippen LogP contribution >= 0.6 is 0 Å². The molecule has 0 spiro atoms. The minimum atomic E-state index is -0.0192. The van der Waals surface area contributed by atoms with Crippen molar-refractivity contribution in [1.82, 2.24) is 0 Å². The monoisotopic (exact) mass is 187 g/mol. The molecule has 0 saturated carbocycles. The van der Waals surface area contributed by atoms with E-state index in [-0.39, 0.29) is 5.91 Å². The summed E-state index contributed by atoms with van der Waals surface area (Å²) >= 11 is 0. The standard InChI is InChI=1S/C12H13NO/c1-2-3-5-10-12(14)13-11-8-6-4-7-9-11/h2-9H,1,10H2,(H,13,14). The highest BCUT2D eigenvalue weighted by Crippen LogP contribution is 2.05. The topological polar surface area (TPSA) is 29.1 Å². The summed E-state index contributed by atoms with van der Waals surface area (Å²) in [6, 6.07) is 9.39. The van der Waals surface area contributed by atoms with Crippen LogP contribution in [0.1, 0.15) is 6.42 Å². The number of carbonyl (C=O) groups excluding carboxylic acids is 1. The minimum Gasteiger partial charge on any atom is -0.326 e. The molecule has 14 heavy (non-hydrogen) atoms. The summed E-state index contributed by atoms with van der Waals surface area (Å²) < 4.78 is 0. The zero-order valence-electron chi connectivity index (χ0n) is 7.94. The molecule has 1 aromatic rings. The van der Waals surface area contributed by atoms with Crippen LogP contribution in [0, 0.1) is 0 Å². The fraction of sp³-hybridized carbons (Fsp3) is 0.0833. The molecule has 0 heterocycles. The van der Waals surface area contributed by atoms with Gasteiger partial charge in [-0.1, -0.05) is 43.0 Å². The van der Waals surface area contributed by atoms with Gasteiger partial charge in [0.1, 0.15) is 0 Å². The Kier molecular flexibility index (Phi) is 4.21. The van der Waals surface area contributed by atoms with Gasteiger partial charge >= 0.3 is 0 Å². The molecule has 0 aliphatic rings. The van der Waals surface area contributed by atoms with Gasteiger partial charge in [0, 0.05) is 12.1 Å². The lowest BCUT2D eigenvalue weighted by Gasteiger charge is -2.01. The number of amides is 1. The quantitative estimate of drug-likeness (QED) is 0.721. The lowest BCUT2D eigenvalue weighted by molar-refractivity contribution is -0.115. The first kappa shape index (κ1) is 10.3. The van der Waals surface area contributed by atoms with Gasteiger partial charge in [-0.3, -0.25) is 4.79 Å². The van der Waals surface area contributed by atoms with Gasteiger partial charge in [0.15, 0.2) is 0 Å². The van der Waals surface area contributed by atoms with Gasteiger partial charge in [-0.2, -0.15) is 0 Å². The van der Waals surface area contributed by atoms with E-state index in [4.69, 9.17) is 0 Å². The van der Waals surface area contributed by atoms with Crippen molar-refractivity contribution in [2.24, 2.45) is 0 Å². The molecule has 0 aliphatic carbocycles. The molecule has 2 nitrogen and oxygen atoms in total. The average molecular weight is 187 g/mol. The third-order valence-electron chi connectivity index (χ3n) is 1.63. The molecular formula is C12H13NO. The molecule has 1 amide bonds. The molecule has 72 valence electrons. The lowest BCUT2D eigenvalue weighted by atomic mass is 10.3. The Morgan fingerprint density at radius 3 is 2.71 bits per heavy atom. The molecule has 2 heteroatoms. The van der Waals surface area contributed by atoms with E-state index < -0.39 is 0 Å². The van der Waals surface area contributed by atoms with E-state index in [2.05, 4.69) is 11.9 Å². The van der Waals surface area contributed by atoms with Crippen LogP contribution in [0.2, 0.25) is 0 Å². The van der Waals surface area contributed by atoms with Gasteiger partial charge in [0.2, 0.25) is 5.91 Å². The Morgan fingerprint density at radius 1 is 1.36 bits per heavy atom. The number of para-hydroxylation sites is 1. The van der Waals surface area contributed by atoms with E-state index in [0.29, 0.717) is 6.42 Å². The lowest BCUT2D eigenvalue weighted by Crippen LogP contribution is -2.09. The fourth-order valence-electron chi connectivity index (χ4n) is 1.00. The first-order valence-electron chi connectivity index (χ1n) is 4.45. The number of carbonyl (C=O) groups is 1. The Labute approximate surface area is 84.0 Å². The zero-order chi connectivity index (χ0) is 10.2. The first-order valence-corrected chi connectivity index (χ1v) is 4.45. The third kappa shape index (κ3) is 3.72. The number of rotatable bonds is 4. The Morgan fingerprint density at radius 2 is 2.07 bits per heavy atom. The number of allylic oxidation sites excluding steroid dienone is 2. The molecule has 0 radical (unpaired) electrons. The molecular weight excluding hydrogens is 174 g/mol. The number of nitrogens with one attached hydrogen (secondary N) is 1. The van der Waals surface area contributed by atoms with Crippen molar-refractivity contribution < 1.29 is 4.79 Å². The zero-order valence-corrected chi connectivity index (χ0v) is 7.94. The van der Waals surface area contributed by atoms with Crippen LogP contribution in [0.25, 0.3) is 0 Å². The van der Waals surface area contributed by atoms with Crippen LogP contribution in [0.4, 0.5) is 5.69 Å². The summed E-state index contributed by atoms with van der Waals surface area (Å²) in [5.41, 5.74) is 0.824. The Hall–Kier alpha value is -1.83. The van der Waals surface area contributed by atoms with Gasteiger partial charge in [-0.15, -0.1) is 0 Å². The van der Waals surface area contributed by atoms with Crippen LogP contribution in [0.15, 0.2) is 55.1 Å². The van der Waals surface area contributed by atoms with Gasteiger partial charge in [0.05, 0.1) is 0 Å². The Balaban J connectivity index is 2.42. The molecule has 0 saturated heterocycles. The highest BCUT2D eigenvalue weighted by molar-refractivity contribution is 5.91. The third-order valence-corrected chi connectivity index (χ3v) is 1.63. The average Bonchev–Trinajstić information content (AvgIpc) is 2.20. The second kappa shape index (κ2) is 5.75. The van der Waals surface area contributed by atoms with E-state index in [9.17, 15) is 4.79 Å². The maximum atomic E-state index is 11.3. The predicted octanol–water partition coefficient (Wildman–Crippen LogP) is 2.76. The van der Waals surface area contributed by atoms with Crippen LogP contribution < -0.4 is 5.32 Å². The van der Waals surface area contributed by atoms with Crippen LogP contribution in [0.3, 0.4) is 0 Å². The van der Waals surface area contributed by atoms with Crippen LogP contribution in [0.5, 0.6) is 0 Å².